The molecule has 4 atom stereocenters. The maximum absolute atomic E-state index is 13.7. The molecule has 3 heterocycles. The lowest BCUT2D eigenvalue weighted by molar-refractivity contribution is -0.134. The van der Waals surface area contributed by atoms with Crippen LogP contribution in [0.25, 0.3) is 17.2 Å². The second-order valence-corrected chi connectivity index (χ2v) is 9.37. The Morgan fingerprint density at radius 2 is 1.72 bits per heavy atom. The number of aromatic nitrogens is 1. The minimum atomic E-state index is -0.696. The van der Waals surface area contributed by atoms with Gasteiger partial charge in [-0.15, -0.1) is 0 Å². The highest BCUT2D eigenvalue weighted by Crippen LogP contribution is 2.48. The Balaban J connectivity index is 1.49. The summed E-state index contributed by atoms with van der Waals surface area (Å²) >= 11 is 0. The van der Waals surface area contributed by atoms with E-state index < -0.39 is 23.9 Å². The second-order valence-electron chi connectivity index (χ2n) is 9.37. The molecule has 7 heteroatoms. The molecule has 5 rings (SSSR count). The number of amides is 2. The first-order chi connectivity index (χ1) is 17.4. The standard InChI is InChI=1S/C29H29N3O4/c1-3-7-21-12-15-24-27-26(23(17-33)25(32(27)18(2)34)16-31(24)29(21)36)28(35)30-22-13-10-20(11-14-22)19-8-5-4-6-9-19/h3-15,23,25-27,33H,16-17H2,1-2H3,(H,30,35)/b7-3-/t23-,25-,26+,27+/m1/s1. The van der Waals surface area contributed by atoms with E-state index in [0.29, 0.717) is 16.9 Å². The van der Waals surface area contributed by atoms with Crippen LogP contribution in [0.3, 0.4) is 0 Å². The molecule has 1 aromatic heterocycles. The van der Waals surface area contributed by atoms with Gasteiger partial charge in [0.05, 0.1) is 18.0 Å². The molecule has 2 N–H and O–H groups in total. The molecule has 0 radical (unpaired) electrons. The van der Waals surface area contributed by atoms with Crippen LogP contribution in [0.1, 0.15) is 31.1 Å². The van der Waals surface area contributed by atoms with Gasteiger partial charge in [-0.05, 0) is 42.3 Å². The normalized spacial score (nSPS) is 22.5. The predicted octanol–water partition coefficient (Wildman–Crippen LogP) is 3.70. The fraction of sp³-hybridized carbons (Fsp3) is 0.276. The van der Waals surface area contributed by atoms with Crippen molar-refractivity contribution in [2.75, 3.05) is 11.9 Å². The monoisotopic (exact) mass is 483 g/mol. The topological polar surface area (TPSA) is 91.6 Å². The van der Waals surface area contributed by atoms with Crippen LogP contribution in [0.2, 0.25) is 0 Å². The number of fused-ring (bicyclic) bond motifs is 4. The zero-order valence-electron chi connectivity index (χ0n) is 20.3. The van der Waals surface area contributed by atoms with Crippen molar-refractivity contribution in [3.05, 3.63) is 94.4 Å². The molecule has 2 amide bonds. The van der Waals surface area contributed by atoms with Crippen molar-refractivity contribution in [2.24, 2.45) is 11.8 Å². The summed E-state index contributed by atoms with van der Waals surface area (Å²) in [5.41, 5.74) is 3.77. The van der Waals surface area contributed by atoms with Gasteiger partial charge in [-0.1, -0.05) is 54.6 Å². The number of aliphatic hydroxyl groups excluding tert-OH is 1. The largest absolute Gasteiger partial charge is 0.396 e. The van der Waals surface area contributed by atoms with Gasteiger partial charge in [0.2, 0.25) is 11.8 Å². The van der Waals surface area contributed by atoms with E-state index in [4.69, 9.17) is 0 Å². The van der Waals surface area contributed by atoms with Crippen LogP contribution in [0.15, 0.2) is 77.6 Å². The molecule has 7 nitrogen and oxygen atoms in total. The van der Waals surface area contributed by atoms with E-state index in [-0.39, 0.29) is 30.5 Å². The summed E-state index contributed by atoms with van der Waals surface area (Å²) in [5, 5.41) is 13.3. The molecule has 36 heavy (non-hydrogen) atoms. The summed E-state index contributed by atoms with van der Waals surface area (Å²) in [6.07, 6.45) is 3.56. The number of hydrogen-bond donors (Lipinski definition) is 2. The Kier molecular flexibility index (Phi) is 6.33. The molecule has 1 fully saturated rings. The lowest BCUT2D eigenvalue weighted by atomic mass is 9.86. The van der Waals surface area contributed by atoms with Crippen molar-refractivity contribution >= 4 is 23.6 Å². The summed E-state index contributed by atoms with van der Waals surface area (Å²) in [4.78, 5) is 41.2. The first-order valence-corrected chi connectivity index (χ1v) is 12.2. The van der Waals surface area contributed by atoms with E-state index >= 15 is 0 Å². The number of carbonyl (C=O) groups excluding carboxylic acids is 2. The van der Waals surface area contributed by atoms with Crippen LogP contribution in [0.4, 0.5) is 5.69 Å². The first-order valence-electron chi connectivity index (χ1n) is 12.2. The van der Waals surface area contributed by atoms with Crippen LogP contribution in [-0.4, -0.2) is 39.0 Å². The summed E-state index contributed by atoms with van der Waals surface area (Å²) in [7, 11) is 0. The maximum Gasteiger partial charge on any atom is 0.258 e. The van der Waals surface area contributed by atoms with Gasteiger partial charge < -0.3 is 19.9 Å². The Labute approximate surface area is 209 Å². The lowest BCUT2D eigenvalue weighted by Gasteiger charge is -2.37. The van der Waals surface area contributed by atoms with Crippen molar-refractivity contribution in [3.8, 4) is 11.1 Å². The minimum absolute atomic E-state index is 0.155. The number of nitrogens with one attached hydrogen (secondary N) is 1. The van der Waals surface area contributed by atoms with Gasteiger partial charge in [0, 0.05) is 42.9 Å². The molecule has 1 saturated heterocycles. The third-order valence-electron chi connectivity index (χ3n) is 7.35. The molecule has 2 aromatic carbocycles. The molecular formula is C29H29N3O4. The molecule has 0 saturated carbocycles. The lowest BCUT2D eigenvalue weighted by Crippen LogP contribution is -2.48. The molecule has 2 bridgehead atoms. The van der Waals surface area contributed by atoms with Crippen molar-refractivity contribution in [1.82, 2.24) is 9.47 Å². The maximum atomic E-state index is 13.7. The Hall–Kier alpha value is -3.97. The molecule has 184 valence electrons. The van der Waals surface area contributed by atoms with Crippen LogP contribution in [-0.2, 0) is 16.1 Å². The Morgan fingerprint density at radius 3 is 2.36 bits per heavy atom. The molecular weight excluding hydrogens is 454 g/mol. The fourth-order valence-corrected chi connectivity index (χ4v) is 5.76. The second kappa shape index (κ2) is 9.59. The SMILES string of the molecule is C/C=C\c1ccc2n(c1=O)C[C@@H]1[C@@H](CO)[C@H](C(=O)Nc3ccc(-c4ccccc4)cc3)[C@H]2N1C(C)=O. The van der Waals surface area contributed by atoms with Crippen molar-refractivity contribution in [2.45, 2.75) is 32.5 Å². The number of hydrogen-bond acceptors (Lipinski definition) is 4. The van der Waals surface area contributed by atoms with Gasteiger partial charge in [-0.2, -0.15) is 0 Å². The van der Waals surface area contributed by atoms with Gasteiger partial charge in [-0.25, -0.2) is 0 Å². The quantitative estimate of drug-likeness (QED) is 0.579. The van der Waals surface area contributed by atoms with Gasteiger partial charge >= 0.3 is 0 Å². The summed E-state index contributed by atoms with van der Waals surface area (Å²) in [5.74, 6) is -1.65. The zero-order chi connectivity index (χ0) is 25.4. The zero-order valence-corrected chi connectivity index (χ0v) is 20.3. The van der Waals surface area contributed by atoms with Crippen LogP contribution >= 0.6 is 0 Å². The number of carbonyl (C=O) groups is 2. The molecule has 0 spiro atoms. The summed E-state index contributed by atoms with van der Waals surface area (Å²) < 4.78 is 1.66. The van der Waals surface area contributed by atoms with Crippen LogP contribution < -0.4 is 10.9 Å². The highest BCUT2D eigenvalue weighted by molar-refractivity contribution is 5.94. The number of benzene rings is 2. The average molecular weight is 484 g/mol. The van der Waals surface area contributed by atoms with Crippen molar-refractivity contribution in [3.63, 3.8) is 0 Å². The number of pyridine rings is 1. The molecule has 2 aliphatic heterocycles. The smallest absolute Gasteiger partial charge is 0.258 e. The van der Waals surface area contributed by atoms with Gasteiger partial charge in [-0.3, -0.25) is 14.4 Å². The predicted molar refractivity (Wildman–Crippen MR) is 139 cm³/mol. The molecule has 0 aliphatic carbocycles. The van der Waals surface area contributed by atoms with E-state index in [1.807, 2.05) is 67.6 Å². The fourth-order valence-electron chi connectivity index (χ4n) is 5.76. The number of rotatable bonds is 5. The van der Waals surface area contributed by atoms with Gasteiger partial charge in [0.1, 0.15) is 0 Å². The summed E-state index contributed by atoms with van der Waals surface area (Å²) in [6.45, 7) is 3.30. The van der Waals surface area contributed by atoms with Gasteiger partial charge in [0.25, 0.3) is 5.56 Å². The number of anilines is 1. The third-order valence-corrected chi connectivity index (χ3v) is 7.35. The van der Waals surface area contributed by atoms with E-state index in [9.17, 15) is 19.5 Å². The average Bonchev–Trinajstić information content (AvgIpc) is 3.14. The van der Waals surface area contributed by atoms with Crippen molar-refractivity contribution in [1.29, 1.82) is 0 Å². The first kappa shape index (κ1) is 23.8. The minimum Gasteiger partial charge on any atom is -0.396 e. The van der Waals surface area contributed by atoms with Crippen molar-refractivity contribution < 1.29 is 14.7 Å². The van der Waals surface area contributed by atoms with Crippen LogP contribution in [0.5, 0.6) is 0 Å². The van der Waals surface area contributed by atoms with Gasteiger partial charge in [0.15, 0.2) is 0 Å². The molecule has 2 aliphatic rings. The van der Waals surface area contributed by atoms with E-state index in [1.165, 1.54) is 6.92 Å². The van der Waals surface area contributed by atoms with E-state index in [0.717, 1.165) is 11.1 Å². The highest BCUT2D eigenvalue weighted by Gasteiger charge is 2.56. The van der Waals surface area contributed by atoms with Crippen LogP contribution in [0, 0.1) is 11.8 Å². The molecule has 3 aromatic rings. The number of aliphatic hydroxyl groups is 1. The van der Waals surface area contributed by atoms with E-state index in [1.54, 1.807) is 27.7 Å². The molecule has 0 unspecified atom stereocenters. The Bertz CT molecular complexity index is 1380. The summed E-state index contributed by atoms with van der Waals surface area (Å²) in [6, 6.07) is 20.0. The number of allylic oxidation sites excluding steroid dienone is 1. The van der Waals surface area contributed by atoms with E-state index in [2.05, 4.69) is 5.32 Å². The third kappa shape index (κ3) is 3.95. The number of nitrogens with zero attached hydrogens (tertiary/aromatic N) is 2. The highest BCUT2D eigenvalue weighted by atomic mass is 16.3. The Morgan fingerprint density at radius 1 is 1.03 bits per heavy atom.